The number of ether oxygens (including phenoxy) is 3. The number of halogens is 2. The smallest absolute Gasteiger partial charge is 0.193 e. The van der Waals surface area contributed by atoms with Crippen LogP contribution in [0.4, 0.5) is 0 Å². The van der Waals surface area contributed by atoms with Crippen LogP contribution >= 0.6 is 35.6 Å². The Balaban J connectivity index is 0.00000243. The third kappa shape index (κ3) is 5.53. The van der Waals surface area contributed by atoms with Crippen LogP contribution < -0.4 is 14.8 Å². The number of benzene rings is 1. The number of aliphatic imine (C=N–C) groups is 1. The number of rotatable bonds is 5. The molecule has 1 aromatic rings. The van der Waals surface area contributed by atoms with Gasteiger partial charge in [0.1, 0.15) is 13.2 Å². The Kier molecular flexibility index (Phi) is 8.56. The Labute approximate surface area is 177 Å². The van der Waals surface area contributed by atoms with Crippen molar-refractivity contribution in [1.29, 1.82) is 0 Å². The number of nitrogens with one attached hydrogen (secondary N) is 1. The second-order valence-corrected chi connectivity index (χ2v) is 6.79. The standard InChI is InChI=1S/C18H26ClN3O3.HI/c1-3-20-18(22(2)11-13-4-5-23-12-13)21-10-14-8-15(19)17-16(9-14)24-6-7-25-17;/h8-9,13H,3-7,10-12H2,1-2H3,(H,20,21);1H. The van der Waals surface area contributed by atoms with Gasteiger partial charge in [0.25, 0.3) is 0 Å². The fourth-order valence-electron chi connectivity index (χ4n) is 3.09. The number of nitrogens with zero attached hydrogens (tertiary/aromatic N) is 2. The summed E-state index contributed by atoms with van der Waals surface area (Å²) in [5.41, 5.74) is 1.00. The third-order valence-electron chi connectivity index (χ3n) is 4.32. The predicted molar refractivity (Wildman–Crippen MR) is 114 cm³/mol. The molecule has 1 N–H and O–H groups in total. The topological polar surface area (TPSA) is 55.3 Å². The van der Waals surface area contributed by atoms with Crippen molar-refractivity contribution in [3.63, 3.8) is 0 Å². The lowest BCUT2D eigenvalue weighted by atomic mass is 10.1. The highest BCUT2D eigenvalue weighted by molar-refractivity contribution is 14.0. The van der Waals surface area contributed by atoms with E-state index in [1.807, 2.05) is 12.1 Å². The summed E-state index contributed by atoms with van der Waals surface area (Å²) < 4.78 is 16.7. The van der Waals surface area contributed by atoms with Gasteiger partial charge in [0.2, 0.25) is 0 Å². The molecule has 8 heteroatoms. The minimum Gasteiger partial charge on any atom is -0.486 e. The zero-order valence-corrected chi connectivity index (χ0v) is 18.4. The van der Waals surface area contributed by atoms with E-state index in [1.54, 1.807) is 0 Å². The second kappa shape index (κ2) is 10.4. The predicted octanol–water partition coefficient (Wildman–Crippen LogP) is 3.16. The average molecular weight is 496 g/mol. The first-order valence-corrected chi connectivity index (χ1v) is 9.20. The van der Waals surface area contributed by atoms with Crippen LogP contribution in [0.15, 0.2) is 17.1 Å². The van der Waals surface area contributed by atoms with Crippen LogP contribution in [0.3, 0.4) is 0 Å². The molecule has 1 unspecified atom stereocenters. The van der Waals surface area contributed by atoms with Crippen molar-refractivity contribution in [1.82, 2.24) is 10.2 Å². The van der Waals surface area contributed by atoms with Gasteiger partial charge in [-0.3, -0.25) is 0 Å². The van der Waals surface area contributed by atoms with Crippen molar-refractivity contribution < 1.29 is 14.2 Å². The van der Waals surface area contributed by atoms with Crippen LogP contribution in [0.1, 0.15) is 18.9 Å². The summed E-state index contributed by atoms with van der Waals surface area (Å²) in [4.78, 5) is 6.92. The molecule has 2 heterocycles. The molecule has 0 saturated carbocycles. The maximum absolute atomic E-state index is 6.31. The first-order valence-electron chi connectivity index (χ1n) is 8.82. The molecule has 1 aromatic carbocycles. The lowest BCUT2D eigenvalue weighted by Gasteiger charge is -2.24. The molecule has 26 heavy (non-hydrogen) atoms. The van der Waals surface area contributed by atoms with Crippen molar-refractivity contribution in [3.05, 3.63) is 22.7 Å². The molecule has 6 nitrogen and oxygen atoms in total. The quantitative estimate of drug-likeness (QED) is 0.386. The molecular weight excluding hydrogens is 469 g/mol. The van der Waals surface area contributed by atoms with Gasteiger partial charge in [-0.2, -0.15) is 0 Å². The number of fused-ring (bicyclic) bond motifs is 1. The fraction of sp³-hybridized carbons (Fsp3) is 0.611. The van der Waals surface area contributed by atoms with Gasteiger partial charge in [0, 0.05) is 32.7 Å². The summed E-state index contributed by atoms with van der Waals surface area (Å²) in [6.07, 6.45) is 1.11. The van der Waals surface area contributed by atoms with E-state index in [4.69, 9.17) is 30.8 Å². The van der Waals surface area contributed by atoms with Crippen molar-refractivity contribution in [3.8, 4) is 11.5 Å². The average Bonchev–Trinajstić information content (AvgIpc) is 3.11. The van der Waals surface area contributed by atoms with Crippen LogP contribution in [-0.4, -0.2) is 57.4 Å². The Morgan fingerprint density at radius 3 is 2.85 bits per heavy atom. The first-order chi connectivity index (χ1) is 12.2. The molecule has 0 spiro atoms. The van der Waals surface area contributed by atoms with Crippen molar-refractivity contribution >= 4 is 41.5 Å². The van der Waals surface area contributed by atoms with Gasteiger partial charge in [0.05, 0.1) is 18.2 Å². The number of hydrogen-bond donors (Lipinski definition) is 1. The van der Waals surface area contributed by atoms with E-state index in [9.17, 15) is 0 Å². The summed E-state index contributed by atoms with van der Waals surface area (Å²) in [6.45, 7) is 7.14. The zero-order chi connectivity index (χ0) is 17.6. The van der Waals surface area contributed by atoms with Gasteiger partial charge >= 0.3 is 0 Å². The Morgan fingerprint density at radius 2 is 2.12 bits per heavy atom. The molecule has 0 radical (unpaired) electrons. The van der Waals surface area contributed by atoms with E-state index in [1.165, 1.54) is 0 Å². The number of guanidine groups is 1. The Bertz CT molecular complexity index is 624. The van der Waals surface area contributed by atoms with Gasteiger partial charge in [-0.1, -0.05) is 11.6 Å². The van der Waals surface area contributed by atoms with Gasteiger partial charge in [0.15, 0.2) is 17.5 Å². The van der Waals surface area contributed by atoms with E-state index < -0.39 is 0 Å². The normalized spacial score (nSPS) is 19.0. The largest absolute Gasteiger partial charge is 0.486 e. The Morgan fingerprint density at radius 1 is 1.31 bits per heavy atom. The zero-order valence-electron chi connectivity index (χ0n) is 15.3. The first kappa shape index (κ1) is 21.4. The van der Waals surface area contributed by atoms with Crippen LogP contribution in [0.2, 0.25) is 5.02 Å². The third-order valence-corrected chi connectivity index (χ3v) is 4.60. The molecule has 1 fully saturated rings. The van der Waals surface area contributed by atoms with Crippen molar-refractivity contribution in [2.24, 2.45) is 10.9 Å². The SMILES string of the molecule is CCNC(=NCc1cc(Cl)c2c(c1)OCCO2)N(C)CC1CCOC1.I. The molecular formula is C18H27ClIN3O3. The highest BCUT2D eigenvalue weighted by atomic mass is 127. The van der Waals surface area contributed by atoms with Gasteiger partial charge in [-0.25, -0.2) is 4.99 Å². The molecule has 0 aromatic heterocycles. The van der Waals surface area contributed by atoms with E-state index >= 15 is 0 Å². The summed E-state index contributed by atoms with van der Waals surface area (Å²) in [5.74, 6) is 2.79. The van der Waals surface area contributed by atoms with Gasteiger partial charge in [-0.05, 0) is 31.0 Å². The van der Waals surface area contributed by atoms with E-state index in [2.05, 4.69) is 24.2 Å². The molecule has 0 amide bonds. The lowest BCUT2D eigenvalue weighted by Crippen LogP contribution is -2.41. The van der Waals surface area contributed by atoms with E-state index in [-0.39, 0.29) is 24.0 Å². The Hall–Kier alpha value is -0.930. The molecule has 3 rings (SSSR count). The van der Waals surface area contributed by atoms with Crippen LogP contribution in [0.25, 0.3) is 0 Å². The minimum absolute atomic E-state index is 0. The summed E-state index contributed by atoms with van der Waals surface area (Å²) in [5, 5.41) is 3.92. The molecule has 146 valence electrons. The van der Waals surface area contributed by atoms with Crippen molar-refractivity contribution in [2.75, 3.05) is 46.6 Å². The molecule has 1 saturated heterocycles. The maximum atomic E-state index is 6.31. The molecule has 0 bridgehead atoms. The van der Waals surface area contributed by atoms with Crippen LogP contribution in [-0.2, 0) is 11.3 Å². The summed E-state index contributed by atoms with van der Waals surface area (Å²) in [6, 6.07) is 3.85. The van der Waals surface area contributed by atoms with E-state index in [0.717, 1.165) is 44.2 Å². The summed E-state index contributed by atoms with van der Waals surface area (Å²) in [7, 11) is 2.07. The molecule has 2 aliphatic rings. The second-order valence-electron chi connectivity index (χ2n) is 6.38. The molecule has 2 aliphatic heterocycles. The molecule has 0 aliphatic carbocycles. The van der Waals surface area contributed by atoms with Crippen molar-refractivity contribution in [2.45, 2.75) is 19.9 Å². The summed E-state index contributed by atoms with van der Waals surface area (Å²) >= 11 is 6.31. The lowest BCUT2D eigenvalue weighted by molar-refractivity contribution is 0.171. The van der Waals surface area contributed by atoms with Crippen LogP contribution in [0, 0.1) is 5.92 Å². The molecule has 1 atom stereocenters. The van der Waals surface area contributed by atoms with Crippen LogP contribution in [0.5, 0.6) is 11.5 Å². The minimum atomic E-state index is 0. The highest BCUT2D eigenvalue weighted by Gasteiger charge is 2.19. The van der Waals surface area contributed by atoms with E-state index in [0.29, 0.717) is 42.2 Å². The fourth-order valence-corrected chi connectivity index (χ4v) is 3.38. The monoisotopic (exact) mass is 495 g/mol. The maximum Gasteiger partial charge on any atom is 0.193 e. The van der Waals surface area contributed by atoms with Gasteiger partial charge < -0.3 is 24.4 Å². The number of hydrogen-bond acceptors (Lipinski definition) is 4. The highest BCUT2D eigenvalue weighted by Crippen LogP contribution is 2.38. The van der Waals surface area contributed by atoms with Gasteiger partial charge in [-0.15, -0.1) is 24.0 Å².